The standard InChI is InChI=1S/C19H26ClN/c1-13(17-2-4-21-5-3-17)18(20)12-19-9-14-6-15(10-19)8-16(7-14)11-19/h2-5,13-16,18H,6-12H2,1H3. The molecule has 1 nitrogen and oxygen atoms in total. The summed E-state index contributed by atoms with van der Waals surface area (Å²) in [7, 11) is 0. The Labute approximate surface area is 133 Å². The fourth-order valence-electron chi connectivity index (χ4n) is 6.01. The van der Waals surface area contributed by atoms with Crippen molar-refractivity contribution in [3.05, 3.63) is 30.1 Å². The van der Waals surface area contributed by atoms with Crippen LogP contribution in [0, 0.1) is 23.2 Å². The maximum absolute atomic E-state index is 6.88. The summed E-state index contributed by atoms with van der Waals surface area (Å²) in [6.45, 7) is 2.29. The van der Waals surface area contributed by atoms with Crippen LogP contribution in [-0.2, 0) is 0 Å². The lowest BCUT2D eigenvalue weighted by Crippen LogP contribution is -2.47. The predicted molar refractivity (Wildman–Crippen MR) is 87.5 cm³/mol. The van der Waals surface area contributed by atoms with Crippen molar-refractivity contribution < 1.29 is 0 Å². The van der Waals surface area contributed by atoms with Crippen molar-refractivity contribution in [3.8, 4) is 0 Å². The first-order chi connectivity index (χ1) is 10.1. The molecule has 0 radical (unpaired) electrons. The lowest BCUT2D eigenvalue weighted by molar-refractivity contribution is -0.0581. The van der Waals surface area contributed by atoms with Crippen molar-refractivity contribution in [1.82, 2.24) is 4.98 Å². The highest BCUT2D eigenvalue weighted by Gasteiger charge is 2.51. The van der Waals surface area contributed by atoms with E-state index in [1.807, 2.05) is 12.4 Å². The summed E-state index contributed by atoms with van der Waals surface area (Å²) in [6.07, 6.45) is 14.0. The van der Waals surface area contributed by atoms with E-state index in [1.54, 1.807) is 0 Å². The molecule has 0 amide bonds. The third-order valence-corrected chi connectivity index (χ3v) is 7.10. The van der Waals surface area contributed by atoms with Gasteiger partial charge in [0.25, 0.3) is 0 Å². The van der Waals surface area contributed by atoms with Gasteiger partial charge >= 0.3 is 0 Å². The molecule has 4 aliphatic carbocycles. The Balaban J connectivity index is 1.48. The summed E-state index contributed by atoms with van der Waals surface area (Å²) in [6, 6.07) is 4.25. The fourth-order valence-corrected chi connectivity index (χ4v) is 6.48. The van der Waals surface area contributed by atoms with Crippen LogP contribution in [0.4, 0.5) is 0 Å². The van der Waals surface area contributed by atoms with Gasteiger partial charge in [-0.25, -0.2) is 0 Å². The van der Waals surface area contributed by atoms with E-state index in [2.05, 4.69) is 24.0 Å². The lowest BCUT2D eigenvalue weighted by Gasteiger charge is -2.57. The molecule has 4 bridgehead atoms. The van der Waals surface area contributed by atoms with E-state index in [0.717, 1.165) is 17.8 Å². The van der Waals surface area contributed by atoms with Crippen LogP contribution in [0.25, 0.3) is 0 Å². The van der Waals surface area contributed by atoms with Crippen LogP contribution in [0.15, 0.2) is 24.5 Å². The fraction of sp³-hybridized carbons (Fsp3) is 0.737. The molecule has 0 N–H and O–H groups in total. The Morgan fingerprint density at radius 3 is 2.14 bits per heavy atom. The van der Waals surface area contributed by atoms with Gasteiger partial charge in [-0.1, -0.05) is 6.92 Å². The normalized spacial score (nSPS) is 40.2. The zero-order valence-corrected chi connectivity index (χ0v) is 13.7. The van der Waals surface area contributed by atoms with Crippen LogP contribution in [-0.4, -0.2) is 10.4 Å². The highest BCUT2D eigenvalue weighted by atomic mass is 35.5. The molecule has 2 heteroatoms. The van der Waals surface area contributed by atoms with Gasteiger partial charge in [0.05, 0.1) is 0 Å². The number of pyridine rings is 1. The average Bonchev–Trinajstić information content (AvgIpc) is 2.45. The molecule has 2 unspecified atom stereocenters. The summed E-state index contributed by atoms with van der Waals surface area (Å²) in [4.78, 5) is 4.12. The molecule has 1 aromatic rings. The quantitative estimate of drug-likeness (QED) is 0.679. The molecule has 0 aliphatic heterocycles. The summed E-state index contributed by atoms with van der Waals surface area (Å²) in [5.74, 6) is 3.51. The Kier molecular flexibility index (Phi) is 3.52. The maximum Gasteiger partial charge on any atom is 0.0407 e. The van der Waals surface area contributed by atoms with Gasteiger partial charge < -0.3 is 0 Å². The van der Waals surface area contributed by atoms with Crippen LogP contribution < -0.4 is 0 Å². The Bertz CT molecular complexity index is 462. The molecule has 0 saturated heterocycles. The molecule has 4 aliphatic rings. The van der Waals surface area contributed by atoms with Crippen molar-refractivity contribution in [2.24, 2.45) is 23.2 Å². The minimum absolute atomic E-state index is 0.267. The number of nitrogens with zero attached hydrogens (tertiary/aromatic N) is 1. The predicted octanol–water partition coefficient (Wildman–Crippen LogP) is 5.40. The first-order valence-electron chi connectivity index (χ1n) is 8.67. The zero-order valence-electron chi connectivity index (χ0n) is 13.0. The van der Waals surface area contributed by atoms with Crippen LogP contribution >= 0.6 is 11.6 Å². The van der Waals surface area contributed by atoms with E-state index in [1.165, 1.54) is 50.5 Å². The Morgan fingerprint density at radius 2 is 1.62 bits per heavy atom. The van der Waals surface area contributed by atoms with Crippen molar-refractivity contribution >= 4 is 11.6 Å². The van der Waals surface area contributed by atoms with Crippen LogP contribution in [0.3, 0.4) is 0 Å². The third kappa shape index (κ3) is 2.63. The van der Waals surface area contributed by atoms with Crippen LogP contribution in [0.2, 0.25) is 0 Å². The number of aromatic nitrogens is 1. The second kappa shape index (κ2) is 5.26. The largest absolute Gasteiger partial charge is 0.265 e. The first-order valence-corrected chi connectivity index (χ1v) is 9.11. The Hall–Kier alpha value is -0.560. The summed E-state index contributed by atoms with van der Waals surface area (Å²) in [5, 5.41) is 0.267. The summed E-state index contributed by atoms with van der Waals surface area (Å²) >= 11 is 6.88. The molecule has 4 fully saturated rings. The van der Waals surface area contributed by atoms with E-state index < -0.39 is 0 Å². The molecule has 1 heterocycles. The van der Waals surface area contributed by atoms with Crippen LogP contribution in [0.1, 0.15) is 63.4 Å². The first kappa shape index (κ1) is 14.1. The van der Waals surface area contributed by atoms with E-state index in [9.17, 15) is 0 Å². The van der Waals surface area contributed by atoms with Gasteiger partial charge in [0.15, 0.2) is 0 Å². The lowest BCUT2D eigenvalue weighted by atomic mass is 9.48. The third-order valence-electron chi connectivity index (χ3n) is 6.57. The van der Waals surface area contributed by atoms with Gasteiger partial charge in [-0.15, -0.1) is 11.6 Å². The van der Waals surface area contributed by atoms with E-state index in [4.69, 9.17) is 11.6 Å². The minimum Gasteiger partial charge on any atom is -0.265 e. The van der Waals surface area contributed by atoms with Gasteiger partial charge in [-0.3, -0.25) is 4.98 Å². The average molecular weight is 304 g/mol. The number of halogens is 1. The van der Waals surface area contributed by atoms with E-state index in [-0.39, 0.29) is 5.38 Å². The molecule has 1 aromatic heterocycles. The van der Waals surface area contributed by atoms with Crippen LogP contribution in [0.5, 0.6) is 0 Å². The zero-order chi connectivity index (χ0) is 14.4. The summed E-state index contributed by atoms with van der Waals surface area (Å²) < 4.78 is 0. The highest BCUT2D eigenvalue weighted by molar-refractivity contribution is 6.21. The molecular weight excluding hydrogens is 278 g/mol. The molecule has 0 spiro atoms. The number of hydrogen-bond acceptors (Lipinski definition) is 1. The van der Waals surface area contributed by atoms with Crippen molar-refractivity contribution in [2.75, 3.05) is 0 Å². The second-order valence-corrected chi connectivity index (χ2v) is 8.77. The van der Waals surface area contributed by atoms with Gasteiger partial charge in [0.1, 0.15) is 0 Å². The second-order valence-electron chi connectivity index (χ2n) is 8.21. The molecule has 4 saturated carbocycles. The van der Waals surface area contributed by atoms with Gasteiger partial charge in [0, 0.05) is 17.8 Å². The molecular formula is C19H26ClN. The highest BCUT2D eigenvalue weighted by Crippen LogP contribution is 2.62. The number of alkyl halides is 1. The van der Waals surface area contributed by atoms with Gasteiger partial charge in [0.2, 0.25) is 0 Å². The SMILES string of the molecule is CC(c1ccncc1)C(Cl)CC12CC3CC(CC(C3)C1)C2. The molecule has 5 rings (SSSR count). The van der Waals surface area contributed by atoms with Gasteiger partial charge in [-0.05, 0) is 91.7 Å². The smallest absolute Gasteiger partial charge is 0.0407 e. The van der Waals surface area contributed by atoms with Crippen molar-refractivity contribution in [2.45, 2.75) is 63.2 Å². The number of rotatable bonds is 4. The topological polar surface area (TPSA) is 12.9 Å². The molecule has 114 valence electrons. The molecule has 0 aromatic carbocycles. The minimum atomic E-state index is 0.267. The Morgan fingerprint density at radius 1 is 1.10 bits per heavy atom. The number of hydrogen-bond donors (Lipinski definition) is 0. The van der Waals surface area contributed by atoms with E-state index >= 15 is 0 Å². The summed E-state index contributed by atoms with van der Waals surface area (Å²) in [5.41, 5.74) is 1.93. The maximum atomic E-state index is 6.88. The monoisotopic (exact) mass is 303 g/mol. The molecule has 21 heavy (non-hydrogen) atoms. The molecule has 2 atom stereocenters. The van der Waals surface area contributed by atoms with E-state index in [0.29, 0.717) is 11.3 Å². The van der Waals surface area contributed by atoms with Gasteiger partial charge in [-0.2, -0.15) is 0 Å². The van der Waals surface area contributed by atoms with Crippen molar-refractivity contribution in [1.29, 1.82) is 0 Å². The van der Waals surface area contributed by atoms with Crippen molar-refractivity contribution in [3.63, 3.8) is 0 Å².